The lowest BCUT2D eigenvalue weighted by Gasteiger charge is -2.20. The number of carbonyl (C=O) groups excluding carboxylic acids is 2. The van der Waals surface area contributed by atoms with Crippen LogP contribution in [0, 0.1) is 0 Å². The van der Waals surface area contributed by atoms with E-state index in [1.165, 1.54) is 0 Å². The Bertz CT molecular complexity index is 1130. The molecular formula is C25H30ClN3O4. The Labute approximate surface area is 199 Å². The molecular weight excluding hydrogens is 442 g/mol. The summed E-state index contributed by atoms with van der Waals surface area (Å²) in [6.45, 7) is 6.28. The maximum absolute atomic E-state index is 13.0. The zero-order valence-corrected chi connectivity index (χ0v) is 20.0. The highest BCUT2D eigenvalue weighted by atomic mass is 35.5. The molecule has 2 heterocycles. The lowest BCUT2D eigenvalue weighted by molar-refractivity contribution is -0.118. The number of hydrogen-bond donors (Lipinski definition) is 3. The minimum atomic E-state index is -0.567. The first-order valence-corrected chi connectivity index (χ1v) is 10.8. The molecule has 176 valence electrons. The Balaban J connectivity index is 0.00000306. The molecule has 1 amide bonds. The van der Waals surface area contributed by atoms with Crippen LogP contribution in [0.25, 0.3) is 10.9 Å². The molecule has 8 heteroatoms. The fourth-order valence-electron chi connectivity index (χ4n) is 4.06. The highest BCUT2D eigenvalue weighted by Gasteiger charge is 2.33. The van der Waals surface area contributed by atoms with Crippen LogP contribution in [-0.2, 0) is 9.53 Å². The number of methoxy groups -OCH3 is 1. The van der Waals surface area contributed by atoms with Crippen LogP contribution in [-0.4, -0.2) is 42.2 Å². The van der Waals surface area contributed by atoms with Crippen molar-refractivity contribution in [3.8, 4) is 5.75 Å². The van der Waals surface area contributed by atoms with Crippen LogP contribution in [0.2, 0.25) is 0 Å². The monoisotopic (exact) mass is 471 g/mol. The van der Waals surface area contributed by atoms with Gasteiger partial charge in [0.25, 0.3) is 0 Å². The molecule has 7 nitrogen and oxygen atoms in total. The van der Waals surface area contributed by atoms with Crippen molar-refractivity contribution in [3.63, 3.8) is 0 Å². The number of fused-ring (bicyclic) bond motifs is 1. The number of rotatable bonds is 5. The first-order chi connectivity index (χ1) is 15.2. The van der Waals surface area contributed by atoms with Crippen molar-refractivity contribution < 1.29 is 19.1 Å². The number of aromatic nitrogens is 1. The third-order valence-corrected chi connectivity index (χ3v) is 5.56. The summed E-state index contributed by atoms with van der Waals surface area (Å²) < 4.78 is 10.7. The van der Waals surface area contributed by atoms with Crippen LogP contribution in [0.3, 0.4) is 0 Å². The summed E-state index contributed by atoms with van der Waals surface area (Å²) in [4.78, 5) is 28.5. The van der Waals surface area contributed by atoms with Gasteiger partial charge in [-0.15, -0.1) is 12.4 Å². The minimum Gasteiger partial charge on any atom is -0.497 e. The van der Waals surface area contributed by atoms with E-state index in [1.54, 1.807) is 13.2 Å². The number of ether oxygens (including phenoxy) is 2. The number of nitrogens with one attached hydrogen (secondary N) is 3. The van der Waals surface area contributed by atoms with Crippen LogP contribution >= 0.6 is 12.4 Å². The van der Waals surface area contributed by atoms with Gasteiger partial charge in [0.05, 0.1) is 13.2 Å². The van der Waals surface area contributed by atoms with Crippen LogP contribution in [0.5, 0.6) is 5.75 Å². The zero-order chi connectivity index (χ0) is 22.9. The van der Waals surface area contributed by atoms with E-state index in [1.807, 2.05) is 63.2 Å². The molecule has 4 rings (SSSR count). The maximum Gasteiger partial charge on any atom is 0.355 e. The van der Waals surface area contributed by atoms with E-state index in [0.29, 0.717) is 11.4 Å². The number of H-pyrrole nitrogens is 1. The van der Waals surface area contributed by atoms with Gasteiger partial charge in [-0.1, -0.05) is 12.1 Å². The topological polar surface area (TPSA) is 92.5 Å². The largest absolute Gasteiger partial charge is 0.497 e. The lowest BCUT2D eigenvalue weighted by atomic mass is 9.91. The van der Waals surface area contributed by atoms with E-state index < -0.39 is 11.6 Å². The number of aromatic amines is 1. The Morgan fingerprint density at radius 2 is 1.79 bits per heavy atom. The van der Waals surface area contributed by atoms with E-state index in [0.717, 1.165) is 35.2 Å². The summed E-state index contributed by atoms with van der Waals surface area (Å²) >= 11 is 0. The normalized spacial score (nSPS) is 17.9. The second kappa shape index (κ2) is 9.85. The van der Waals surface area contributed by atoms with Gasteiger partial charge in [-0.3, -0.25) is 4.79 Å². The summed E-state index contributed by atoms with van der Waals surface area (Å²) in [5.74, 6) is 0.407. The first kappa shape index (κ1) is 24.6. The van der Waals surface area contributed by atoms with Crippen molar-refractivity contribution in [3.05, 3.63) is 59.8 Å². The molecule has 3 aromatic rings. The van der Waals surface area contributed by atoms with E-state index >= 15 is 0 Å². The van der Waals surface area contributed by atoms with Gasteiger partial charge in [-0.05, 0) is 75.7 Å². The number of amides is 1. The maximum atomic E-state index is 13.0. The van der Waals surface area contributed by atoms with Gasteiger partial charge in [-0.25, -0.2) is 4.79 Å². The summed E-state index contributed by atoms with van der Waals surface area (Å²) in [7, 11) is 1.64. The van der Waals surface area contributed by atoms with Crippen LogP contribution < -0.4 is 15.4 Å². The van der Waals surface area contributed by atoms with Crippen LogP contribution in [0.1, 0.15) is 49.2 Å². The Morgan fingerprint density at radius 1 is 1.06 bits per heavy atom. The number of benzene rings is 2. The van der Waals surface area contributed by atoms with Crippen molar-refractivity contribution in [2.75, 3.05) is 19.0 Å². The van der Waals surface area contributed by atoms with Gasteiger partial charge in [0, 0.05) is 22.5 Å². The van der Waals surface area contributed by atoms with Crippen molar-refractivity contribution in [2.45, 2.75) is 44.8 Å². The minimum absolute atomic E-state index is 0. The molecule has 2 aromatic carbocycles. The van der Waals surface area contributed by atoms with E-state index in [4.69, 9.17) is 9.47 Å². The Hall–Kier alpha value is -3.03. The molecule has 33 heavy (non-hydrogen) atoms. The fraction of sp³-hybridized carbons (Fsp3) is 0.360. The first-order valence-electron chi connectivity index (χ1n) is 10.8. The van der Waals surface area contributed by atoms with Crippen LogP contribution in [0.15, 0.2) is 48.5 Å². The van der Waals surface area contributed by atoms with Gasteiger partial charge < -0.3 is 25.1 Å². The van der Waals surface area contributed by atoms with Crippen molar-refractivity contribution in [1.82, 2.24) is 10.3 Å². The van der Waals surface area contributed by atoms with Crippen LogP contribution in [0.4, 0.5) is 5.69 Å². The van der Waals surface area contributed by atoms with Gasteiger partial charge in [-0.2, -0.15) is 0 Å². The molecule has 1 aliphatic heterocycles. The lowest BCUT2D eigenvalue weighted by Crippen LogP contribution is -2.39. The quantitative estimate of drug-likeness (QED) is 0.471. The molecule has 1 aromatic heterocycles. The van der Waals surface area contributed by atoms with Crippen molar-refractivity contribution in [1.29, 1.82) is 0 Å². The molecule has 0 aliphatic carbocycles. The van der Waals surface area contributed by atoms with Gasteiger partial charge in [0.1, 0.15) is 17.0 Å². The zero-order valence-electron chi connectivity index (χ0n) is 19.2. The summed E-state index contributed by atoms with van der Waals surface area (Å²) in [5.41, 5.74) is 2.41. The average Bonchev–Trinajstić information content (AvgIpc) is 3.39. The number of anilines is 1. The van der Waals surface area contributed by atoms with Gasteiger partial charge in [0.2, 0.25) is 5.91 Å². The second-order valence-electron chi connectivity index (χ2n) is 9.08. The van der Waals surface area contributed by atoms with E-state index in [2.05, 4.69) is 15.6 Å². The molecule has 0 bridgehead atoms. The molecule has 0 radical (unpaired) electrons. The predicted octanol–water partition coefficient (Wildman–Crippen LogP) is 4.64. The highest BCUT2D eigenvalue weighted by Crippen LogP contribution is 2.30. The third-order valence-electron chi connectivity index (χ3n) is 5.56. The number of hydrogen-bond acceptors (Lipinski definition) is 5. The van der Waals surface area contributed by atoms with E-state index in [-0.39, 0.29) is 30.3 Å². The SMILES string of the molecule is COc1ccc([C@H]2CCN[C@H]2C(=O)Nc2ccc3[nH]c(C(=O)OC(C)(C)C)cc3c2)cc1.Cl. The van der Waals surface area contributed by atoms with E-state index in [9.17, 15) is 9.59 Å². The molecule has 0 unspecified atom stereocenters. The molecule has 1 fully saturated rings. The Kier molecular flexibility index (Phi) is 7.34. The van der Waals surface area contributed by atoms with Gasteiger partial charge >= 0.3 is 5.97 Å². The third kappa shape index (κ3) is 5.67. The summed E-state index contributed by atoms with van der Waals surface area (Å²) in [5, 5.41) is 7.17. The molecule has 3 N–H and O–H groups in total. The molecule has 2 atom stereocenters. The summed E-state index contributed by atoms with van der Waals surface area (Å²) in [6, 6.07) is 14.8. The molecule has 1 aliphatic rings. The predicted molar refractivity (Wildman–Crippen MR) is 131 cm³/mol. The fourth-order valence-corrected chi connectivity index (χ4v) is 4.06. The number of halogens is 1. The molecule has 1 saturated heterocycles. The number of carbonyl (C=O) groups is 2. The van der Waals surface area contributed by atoms with Gasteiger partial charge in [0.15, 0.2) is 0 Å². The second-order valence-corrected chi connectivity index (χ2v) is 9.08. The number of esters is 1. The average molecular weight is 472 g/mol. The standard InChI is InChI=1S/C25H29N3O4.ClH/c1-25(2,3)32-24(30)21-14-16-13-17(7-10-20(16)28-21)27-23(29)22-19(11-12-26-22)15-5-8-18(31-4)9-6-15;/h5-10,13-14,19,22,26,28H,11-12H2,1-4H3,(H,27,29);1H/t19-,22-;/m1./s1. The summed E-state index contributed by atoms with van der Waals surface area (Å²) in [6.07, 6.45) is 0.889. The smallest absolute Gasteiger partial charge is 0.355 e. The van der Waals surface area contributed by atoms with Crippen molar-refractivity contribution >= 4 is 40.9 Å². The highest BCUT2D eigenvalue weighted by molar-refractivity contribution is 5.99. The molecule has 0 saturated carbocycles. The van der Waals surface area contributed by atoms with Crippen molar-refractivity contribution in [2.24, 2.45) is 0 Å². The molecule has 0 spiro atoms. The Morgan fingerprint density at radius 3 is 2.45 bits per heavy atom.